The van der Waals surface area contributed by atoms with Gasteiger partial charge in [0, 0.05) is 0 Å². The monoisotopic (exact) mass is 239 g/mol. The molecule has 0 aromatic heterocycles. The number of carbonyl (C=O) groups is 3. The summed E-state index contributed by atoms with van der Waals surface area (Å²) in [6, 6.07) is 0. The number of carbonyl (C=O) groups excluding carboxylic acids is 3. The SMILES string of the molecule is O=C(CF)ON1C(=O)C2C3C=CC(C3)C2C1=O. The van der Waals surface area contributed by atoms with Crippen molar-refractivity contribution >= 4 is 17.8 Å². The molecule has 2 fully saturated rings. The number of halogens is 1. The number of nitrogens with zero attached hydrogens (tertiary/aromatic N) is 1. The second-order valence-corrected chi connectivity index (χ2v) is 4.57. The summed E-state index contributed by atoms with van der Waals surface area (Å²) in [4.78, 5) is 39.1. The first-order chi connectivity index (χ1) is 8.13. The van der Waals surface area contributed by atoms with Crippen molar-refractivity contribution in [2.24, 2.45) is 23.7 Å². The molecule has 90 valence electrons. The molecule has 1 heterocycles. The zero-order valence-corrected chi connectivity index (χ0v) is 8.84. The zero-order valence-electron chi connectivity index (χ0n) is 8.84. The van der Waals surface area contributed by atoms with E-state index < -0.39 is 36.3 Å². The topological polar surface area (TPSA) is 63.7 Å². The molecule has 1 saturated heterocycles. The lowest BCUT2D eigenvalue weighted by Gasteiger charge is -2.14. The van der Waals surface area contributed by atoms with Crippen LogP contribution in [0.2, 0.25) is 0 Å². The number of alkyl halides is 1. The summed E-state index contributed by atoms with van der Waals surface area (Å²) in [5.41, 5.74) is 0. The van der Waals surface area contributed by atoms with Crippen LogP contribution in [0.3, 0.4) is 0 Å². The molecule has 2 amide bonds. The molecule has 2 aliphatic carbocycles. The highest BCUT2D eigenvalue weighted by Gasteiger charge is 2.60. The molecular formula is C11H10FNO4. The third-order valence-corrected chi connectivity index (χ3v) is 3.73. The predicted octanol–water partition coefficient (Wildman–Crippen LogP) is 0.221. The molecule has 0 radical (unpaired) electrons. The summed E-state index contributed by atoms with van der Waals surface area (Å²) in [5, 5.41) is 0.448. The number of rotatable bonds is 2. The summed E-state index contributed by atoms with van der Waals surface area (Å²) in [5.74, 6) is -3.00. The summed E-state index contributed by atoms with van der Waals surface area (Å²) in [7, 11) is 0. The van der Waals surface area contributed by atoms with Gasteiger partial charge in [0.1, 0.15) is 0 Å². The Morgan fingerprint density at radius 3 is 2.29 bits per heavy atom. The van der Waals surface area contributed by atoms with Gasteiger partial charge in [0.2, 0.25) is 0 Å². The number of allylic oxidation sites excluding steroid dienone is 2. The first-order valence-corrected chi connectivity index (χ1v) is 5.46. The van der Waals surface area contributed by atoms with Crippen molar-refractivity contribution < 1.29 is 23.6 Å². The van der Waals surface area contributed by atoms with E-state index in [1.807, 2.05) is 12.2 Å². The molecule has 5 nitrogen and oxygen atoms in total. The second-order valence-electron chi connectivity index (χ2n) is 4.57. The van der Waals surface area contributed by atoms with Crippen molar-refractivity contribution in [3.8, 4) is 0 Å². The lowest BCUT2D eigenvalue weighted by molar-refractivity contribution is -0.199. The highest BCUT2D eigenvalue weighted by atomic mass is 19.1. The van der Waals surface area contributed by atoms with Crippen LogP contribution in [0.4, 0.5) is 4.39 Å². The van der Waals surface area contributed by atoms with E-state index in [4.69, 9.17) is 0 Å². The minimum absolute atomic E-state index is 0.0514. The molecule has 1 saturated carbocycles. The van der Waals surface area contributed by atoms with Crippen LogP contribution in [-0.2, 0) is 19.2 Å². The Morgan fingerprint density at radius 2 is 1.82 bits per heavy atom. The normalized spacial score (nSPS) is 37.8. The Hall–Kier alpha value is -1.72. The number of hydroxylamine groups is 2. The van der Waals surface area contributed by atoms with E-state index in [-0.39, 0.29) is 11.8 Å². The maximum absolute atomic E-state index is 12.0. The Balaban J connectivity index is 1.85. The van der Waals surface area contributed by atoms with E-state index in [1.165, 1.54) is 0 Å². The van der Waals surface area contributed by atoms with Crippen LogP contribution in [0, 0.1) is 23.7 Å². The average Bonchev–Trinajstić information content (AvgIpc) is 2.98. The summed E-state index contributed by atoms with van der Waals surface area (Å²) in [6.07, 6.45) is 4.66. The van der Waals surface area contributed by atoms with Crippen LogP contribution in [0.1, 0.15) is 6.42 Å². The molecular weight excluding hydrogens is 229 g/mol. The minimum atomic E-state index is -1.35. The maximum atomic E-state index is 12.0. The first-order valence-electron chi connectivity index (χ1n) is 5.46. The molecule has 4 unspecified atom stereocenters. The summed E-state index contributed by atoms with van der Waals surface area (Å²) < 4.78 is 12.0. The van der Waals surface area contributed by atoms with E-state index in [9.17, 15) is 18.8 Å². The van der Waals surface area contributed by atoms with E-state index in [0.717, 1.165) is 6.42 Å². The number of imide groups is 1. The van der Waals surface area contributed by atoms with Crippen molar-refractivity contribution in [1.29, 1.82) is 0 Å². The van der Waals surface area contributed by atoms with Crippen molar-refractivity contribution in [2.45, 2.75) is 6.42 Å². The fourth-order valence-electron chi connectivity index (χ4n) is 3.09. The number of fused-ring (bicyclic) bond motifs is 5. The van der Waals surface area contributed by atoms with Gasteiger partial charge in [0.15, 0.2) is 6.67 Å². The summed E-state index contributed by atoms with van der Waals surface area (Å²) >= 11 is 0. The van der Waals surface area contributed by atoms with Crippen LogP contribution < -0.4 is 0 Å². The fraction of sp³-hybridized carbons (Fsp3) is 0.545. The van der Waals surface area contributed by atoms with Gasteiger partial charge in [-0.25, -0.2) is 9.18 Å². The molecule has 3 aliphatic rings. The van der Waals surface area contributed by atoms with Gasteiger partial charge in [-0.15, -0.1) is 5.06 Å². The number of hydrogen-bond donors (Lipinski definition) is 0. The van der Waals surface area contributed by atoms with E-state index in [1.54, 1.807) is 0 Å². The van der Waals surface area contributed by atoms with Crippen LogP contribution in [0.5, 0.6) is 0 Å². The lowest BCUT2D eigenvalue weighted by atomic mass is 9.85. The molecule has 6 heteroatoms. The van der Waals surface area contributed by atoms with Crippen molar-refractivity contribution in [3.63, 3.8) is 0 Å². The smallest absolute Gasteiger partial charge is 0.327 e. The molecule has 0 aromatic carbocycles. The van der Waals surface area contributed by atoms with Crippen molar-refractivity contribution in [3.05, 3.63) is 12.2 Å². The molecule has 4 atom stereocenters. The fourth-order valence-corrected chi connectivity index (χ4v) is 3.09. The molecule has 1 aliphatic heterocycles. The van der Waals surface area contributed by atoms with Gasteiger partial charge in [-0.3, -0.25) is 9.59 Å². The molecule has 0 aromatic rings. The third-order valence-electron chi connectivity index (χ3n) is 3.73. The van der Waals surface area contributed by atoms with E-state index >= 15 is 0 Å². The Morgan fingerprint density at radius 1 is 1.29 bits per heavy atom. The van der Waals surface area contributed by atoms with E-state index in [2.05, 4.69) is 4.84 Å². The summed E-state index contributed by atoms with van der Waals surface area (Å²) in [6.45, 7) is -1.35. The average molecular weight is 239 g/mol. The number of amides is 2. The largest absolute Gasteiger partial charge is 0.363 e. The first kappa shape index (κ1) is 10.4. The number of hydrogen-bond acceptors (Lipinski definition) is 4. The Bertz CT molecular complexity index is 417. The van der Waals surface area contributed by atoms with Crippen LogP contribution >= 0.6 is 0 Å². The molecule has 0 N–H and O–H groups in total. The minimum Gasteiger partial charge on any atom is -0.327 e. The molecule has 3 rings (SSSR count). The van der Waals surface area contributed by atoms with Gasteiger partial charge in [0.25, 0.3) is 11.8 Å². The Kier molecular flexibility index (Phi) is 2.08. The van der Waals surface area contributed by atoms with Gasteiger partial charge in [-0.2, -0.15) is 0 Å². The van der Waals surface area contributed by atoms with E-state index in [0.29, 0.717) is 5.06 Å². The Labute approximate surface area is 96.2 Å². The predicted molar refractivity (Wildman–Crippen MR) is 51.6 cm³/mol. The highest BCUT2D eigenvalue weighted by molar-refractivity contribution is 6.06. The van der Waals surface area contributed by atoms with Gasteiger partial charge in [-0.05, 0) is 18.3 Å². The van der Waals surface area contributed by atoms with Crippen molar-refractivity contribution in [1.82, 2.24) is 5.06 Å². The van der Waals surface area contributed by atoms with Crippen LogP contribution in [-0.4, -0.2) is 29.5 Å². The molecule has 2 bridgehead atoms. The third kappa shape index (κ3) is 1.26. The lowest BCUT2D eigenvalue weighted by Crippen LogP contribution is -2.35. The van der Waals surface area contributed by atoms with Gasteiger partial charge >= 0.3 is 5.97 Å². The zero-order chi connectivity index (χ0) is 12.2. The van der Waals surface area contributed by atoms with Crippen LogP contribution in [0.25, 0.3) is 0 Å². The standard InChI is InChI=1S/C11H10FNO4/c12-4-7(14)17-13-10(15)8-5-1-2-6(3-5)9(8)11(13)16/h1-2,5-6,8-9H,3-4H2. The maximum Gasteiger partial charge on any atom is 0.363 e. The second kappa shape index (κ2) is 3.38. The van der Waals surface area contributed by atoms with Gasteiger partial charge in [-0.1, -0.05) is 12.2 Å². The molecule has 0 spiro atoms. The molecule has 17 heavy (non-hydrogen) atoms. The van der Waals surface area contributed by atoms with Crippen LogP contribution in [0.15, 0.2) is 12.2 Å². The quantitative estimate of drug-likeness (QED) is 0.511. The van der Waals surface area contributed by atoms with Gasteiger partial charge in [0.05, 0.1) is 11.8 Å². The van der Waals surface area contributed by atoms with Gasteiger partial charge < -0.3 is 4.84 Å². The highest BCUT2D eigenvalue weighted by Crippen LogP contribution is 2.52. The van der Waals surface area contributed by atoms with Crippen molar-refractivity contribution in [2.75, 3.05) is 6.67 Å².